The fourth-order valence-electron chi connectivity index (χ4n) is 2.64. The second-order valence-electron chi connectivity index (χ2n) is 4.49. The normalized spacial score (nSPS) is 20.8. The summed E-state index contributed by atoms with van der Waals surface area (Å²) in [7, 11) is 4.37. The molecule has 0 radical (unpaired) electrons. The maximum absolute atomic E-state index is 2.64. The fraction of sp³-hybridized carbons (Fsp3) is 1.00. The molecule has 78 valence electrons. The molecular formula is C11H24N2. The van der Waals surface area contributed by atoms with Gasteiger partial charge in [0, 0.05) is 12.1 Å². The van der Waals surface area contributed by atoms with Crippen LogP contribution >= 0.6 is 0 Å². The largest absolute Gasteiger partial charge is 0.308 e. The van der Waals surface area contributed by atoms with E-state index < -0.39 is 0 Å². The van der Waals surface area contributed by atoms with Gasteiger partial charge >= 0.3 is 0 Å². The Morgan fingerprint density at radius 1 is 1.08 bits per heavy atom. The third-order valence-electron chi connectivity index (χ3n) is 3.33. The summed E-state index contributed by atoms with van der Waals surface area (Å²) in [5, 5.41) is 0. The molecule has 1 rings (SSSR count). The van der Waals surface area contributed by atoms with Crippen molar-refractivity contribution in [1.29, 1.82) is 0 Å². The van der Waals surface area contributed by atoms with Crippen molar-refractivity contribution in [2.24, 2.45) is 0 Å². The van der Waals surface area contributed by atoms with Crippen LogP contribution in [0.4, 0.5) is 0 Å². The quantitative estimate of drug-likeness (QED) is 0.643. The van der Waals surface area contributed by atoms with E-state index in [2.05, 4.69) is 37.7 Å². The molecule has 0 bridgehead atoms. The molecule has 1 fully saturated rings. The molecule has 0 heterocycles. The zero-order valence-corrected chi connectivity index (χ0v) is 9.64. The number of hydrogen-bond acceptors (Lipinski definition) is 2. The first-order valence-electron chi connectivity index (χ1n) is 5.54. The summed E-state index contributed by atoms with van der Waals surface area (Å²) in [6.45, 7) is 8.18. The van der Waals surface area contributed by atoms with E-state index in [4.69, 9.17) is 0 Å². The van der Waals surface area contributed by atoms with E-state index in [0.717, 1.165) is 0 Å². The van der Waals surface area contributed by atoms with Crippen molar-refractivity contribution < 1.29 is 0 Å². The first kappa shape index (κ1) is 11.0. The van der Waals surface area contributed by atoms with Gasteiger partial charge in [-0.05, 0) is 46.4 Å². The molecule has 0 unspecified atom stereocenters. The molecule has 0 aromatic rings. The molecule has 2 heteroatoms. The Morgan fingerprint density at radius 2 is 1.62 bits per heavy atom. The second-order valence-corrected chi connectivity index (χ2v) is 4.49. The topological polar surface area (TPSA) is 6.48 Å². The van der Waals surface area contributed by atoms with Crippen LogP contribution in [0.15, 0.2) is 0 Å². The van der Waals surface area contributed by atoms with Crippen LogP contribution in [0.1, 0.15) is 33.1 Å². The lowest BCUT2D eigenvalue weighted by Crippen LogP contribution is -2.58. The van der Waals surface area contributed by atoms with E-state index in [1.807, 2.05) is 0 Å². The predicted molar refractivity (Wildman–Crippen MR) is 58.1 cm³/mol. The van der Waals surface area contributed by atoms with Crippen molar-refractivity contribution in [3.05, 3.63) is 0 Å². The molecule has 0 aliphatic heterocycles. The Balaban J connectivity index is 2.56. The molecule has 0 aromatic carbocycles. The van der Waals surface area contributed by atoms with Crippen LogP contribution in [0.5, 0.6) is 0 Å². The Morgan fingerprint density at radius 3 is 1.85 bits per heavy atom. The standard InChI is InChI=1S/C11H24N2/c1-5-13(6-2)11(8-7-9-11)10-12(3)4/h5-10H2,1-4H3. The predicted octanol–water partition coefficient (Wildman–Crippen LogP) is 1.81. The number of nitrogens with zero attached hydrogens (tertiary/aromatic N) is 2. The molecule has 1 saturated carbocycles. The van der Waals surface area contributed by atoms with Crippen molar-refractivity contribution >= 4 is 0 Å². The van der Waals surface area contributed by atoms with Gasteiger partial charge in [-0.15, -0.1) is 0 Å². The maximum atomic E-state index is 2.64. The minimum Gasteiger partial charge on any atom is -0.308 e. The summed E-state index contributed by atoms with van der Waals surface area (Å²) in [6.07, 6.45) is 4.21. The van der Waals surface area contributed by atoms with E-state index in [0.29, 0.717) is 5.54 Å². The second kappa shape index (κ2) is 4.43. The zero-order valence-electron chi connectivity index (χ0n) is 9.64. The monoisotopic (exact) mass is 184 g/mol. The molecule has 2 nitrogen and oxygen atoms in total. The Kier molecular flexibility index (Phi) is 3.74. The van der Waals surface area contributed by atoms with E-state index in [1.54, 1.807) is 0 Å². The third-order valence-corrected chi connectivity index (χ3v) is 3.33. The summed E-state index contributed by atoms with van der Waals surface area (Å²) in [5.41, 5.74) is 0.521. The van der Waals surface area contributed by atoms with Gasteiger partial charge in [0.05, 0.1) is 0 Å². The van der Waals surface area contributed by atoms with Crippen molar-refractivity contribution in [3.63, 3.8) is 0 Å². The van der Waals surface area contributed by atoms with Gasteiger partial charge in [0.2, 0.25) is 0 Å². The van der Waals surface area contributed by atoms with Crippen molar-refractivity contribution in [2.75, 3.05) is 33.7 Å². The minimum atomic E-state index is 0.521. The fourth-order valence-corrected chi connectivity index (χ4v) is 2.64. The molecule has 0 N–H and O–H groups in total. The number of rotatable bonds is 5. The smallest absolute Gasteiger partial charge is 0.0336 e. The van der Waals surface area contributed by atoms with Gasteiger partial charge in [0.1, 0.15) is 0 Å². The molecule has 0 spiro atoms. The molecule has 0 amide bonds. The van der Waals surface area contributed by atoms with Gasteiger partial charge in [-0.25, -0.2) is 0 Å². The van der Waals surface area contributed by atoms with Crippen molar-refractivity contribution in [1.82, 2.24) is 9.80 Å². The Bertz CT molecular complexity index is 146. The van der Waals surface area contributed by atoms with Crippen LogP contribution in [-0.2, 0) is 0 Å². The highest BCUT2D eigenvalue weighted by Crippen LogP contribution is 2.37. The van der Waals surface area contributed by atoms with Gasteiger partial charge in [0.25, 0.3) is 0 Å². The van der Waals surface area contributed by atoms with Crippen LogP contribution < -0.4 is 0 Å². The van der Waals surface area contributed by atoms with Gasteiger partial charge in [-0.2, -0.15) is 0 Å². The molecule has 0 aromatic heterocycles. The lowest BCUT2D eigenvalue weighted by Gasteiger charge is -2.51. The average molecular weight is 184 g/mol. The Labute approximate surface area is 82.9 Å². The third kappa shape index (κ3) is 2.23. The van der Waals surface area contributed by atoms with E-state index in [9.17, 15) is 0 Å². The molecule has 13 heavy (non-hydrogen) atoms. The van der Waals surface area contributed by atoms with Crippen LogP contribution in [0.3, 0.4) is 0 Å². The van der Waals surface area contributed by atoms with Gasteiger partial charge in [-0.3, -0.25) is 4.90 Å². The minimum absolute atomic E-state index is 0.521. The number of hydrogen-bond donors (Lipinski definition) is 0. The molecule has 1 aliphatic rings. The lowest BCUT2D eigenvalue weighted by atomic mass is 9.75. The van der Waals surface area contributed by atoms with Crippen molar-refractivity contribution in [2.45, 2.75) is 38.6 Å². The van der Waals surface area contributed by atoms with Crippen LogP contribution in [0, 0.1) is 0 Å². The average Bonchev–Trinajstić information content (AvgIpc) is 2.01. The molecular weight excluding hydrogens is 160 g/mol. The maximum Gasteiger partial charge on any atom is 0.0336 e. The number of likely N-dealkylation sites (N-methyl/N-ethyl adjacent to an activating group) is 2. The van der Waals surface area contributed by atoms with E-state index in [1.165, 1.54) is 38.9 Å². The lowest BCUT2D eigenvalue weighted by molar-refractivity contribution is 0.00326. The van der Waals surface area contributed by atoms with Crippen LogP contribution in [0.25, 0.3) is 0 Å². The highest BCUT2D eigenvalue weighted by atomic mass is 15.2. The summed E-state index contributed by atoms with van der Waals surface area (Å²) in [6, 6.07) is 0. The van der Waals surface area contributed by atoms with Gasteiger partial charge < -0.3 is 4.90 Å². The molecule has 1 aliphatic carbocycles. The molecule has 0 saturated heterocycles. The molecule has 0 atom stereocenters. The first-order valence-corrected chi connectivity index (χ1v) is 5.54. The zero-order chi connectivity index (χ0) is 9.90. The first-order chi connectivity index (χ1) is 6.14. The highest BCUT2D eigenvalue weighted by molar-refractivity contribution is 4.99. The SMILES string of the molecule is CCN(CC)C1(CN(C)C)CCC1. The van der Waals surface area contributed by atoms with Crippen molar-refractivity contribution in [3.8, 4) is 0 Å². The van der Waals surface area contributed by atoms with Gasteiger partial charge in [-0.1, -0.05) is 13.8 Å². The van der Waals surface area contributed by atoms with Crippen LogP contribution in [-0.4, -0.2) is 49.1 Å². The summed E-state index contributed by atoms with van der Waals surface area (Å²) in [4.78, 5) is 4.97. The van der Waals surface area contributed by atoms with E-state index >= 15 is 0 Å². The summed E-state index contributed by atoms with van der Waals surface area (Å²) < 4.78 is 0. The highest BCUT2D eigenvalue weighted by Gasteiger charge is 2.41. The summed E-state index contributed by atoms with van der Waals surface area (Å²) in [5.74, 6) is 0. The summed E-state index contributed by atoms with van der Waals surface area (Å²) >= 11 is 0. The van der Waals surface area contributed by atoms with Crippen LogP contribution in [0.2, 0.25) is 0 Å². The van der Waals surface area contributed by atoms with Gasteiger partial charge in [0.15, 0.2) is 0 Å². The van der Waals surface area contributed by atoms with E-state index in [-0.39, 0.29) is 0 Å². The Hall–Kier alpha value is -0.0800.